The van der Waals surface area contributed by atoms with E-state index < -0.39 is 5.97 Å². The Bertz CT molecular complexity index is 423. The van der Waals surface area contributed by atoms with Crippen LogP contribution in [0.4, 0.5) is 0 Å². The molecule has 1 aliphatic heterocycles. The molecular weight excluding hydrogens is 274 g/mol. The predicted molar refractivity (Wildman–Crippen MR) is 71.3 cm³/mol. The van der Waals surface area contributed by atoms with E-state index in [1.54, 1.807) is 0 Å². The maximum absolute atomic E-state index is 10.7. The molecule has 1 saturated heterocycles. The Morgan fingerprint density at radius 2 is 2.56 bits per heavy atom. The van der Waals surface area contributed by atoms with Gasteiger partial charge >= 0.3 is 5.97 Å². The second-order valence-corrected chi connectivity index (χ2v) is 5.99. The molecule has 0 radical (unpaired) electrons. The van der Waals surface area contributed by atoms with Gasteiger partial charge in [0.25, 0.3) is 0 Å². The maximum atomic E-state index is 10.7. The molecule has 6 heteroatoms. The normalized spacial score (nSPS) is 22.9. The number of nitrogens with zero attached hydrogens (tertiary/aromatic N) is 1. The zero-order chi connectivity index (χ0) is 13.1. The molecule has 100 valence electrons. The molecule has 2 unspecified atom stereocenters. The second-order valence-electron chi connectivity index (χ2n) is 4.45. The first kappa shape index (κ1) is 13.8. The SMILES string of the molecule is CC(c1csc(Cl)c1)N1CCOC(CC(=O)O)C1. The van der Waals surface area contributed by atoms with E-state index in [1.807, 2.05) is 6.07 Å². The lowest BCUT2D eigenvalue weighted by Gasteiger charge is -2.36. The van der Waals surface area contributed by atoms with Gasteiger partial charge in [0.1, 0.15) is 0 Å². The minimum atomic E-state index is -0.812. The predicted octanol–water partition coefficient (Wildman–Crippen LogP) is 2.64. The quantitative estimate of drug-likeness (QED) is 0.926. The van der Waals surface area contributed by atoms with Crippen molar-refractivity contribution in [2.45, 2.75) is 25.5 Å². The molecule has 0 saturated carbocycles. The number of hydrogen-bond acceptors (Lipinski definition) is 4. The first-order valence-corrected chi connectivity index (χ1v) is 7.13. The standard InChI is InChI=1S/C12H16ClNO3S/c1-8(9-4-11(13)18-7-9)14-2-3-17-10(6-14)5-12(15)16/h4,7-8,10H,2-3,5-6H2,1H3,(H,15,16). The molecular formula is C12H16ClNO3S. The van der Waals surface area contributed by atoms with E-state index in [0.717, 1.165) is 10.9 Å². The van der Waals surface area contributed by atoms with Crippen molar-refractivity contribution in [2.75, 3.05) is 19.7 Å². The molecule has 0 aliphatic carbocycles. The zero-order valence-corrected chi connectivity index (χ0v) is 11.7. The van der Waals surface area contributed by atoms with E-state index in [0.29, 0.717) is 13.2 Å². The van der Waals surface area contributed by atoms with E-state index in [9.17, 15) is 4.79 Å². The fraction of sp³-hybridized carbons (Fsp3) is 0.583. The maximum Gasteiger partial charge on any atom is 0.306 e. The van der Waals surface area contributed by atoms with Crippen LogP contribution in [0.15, 0.2) is 11.4 Å². The van der Waals surface area contributed by atoms with Crippen LogP contribution < -0.4 is 0 Å². The summed E-state index contributed by atoms with van der Waals surface area (Å²) >= 11 is 7.46. The highest BCUT2D eigenvalue weighted by Gasteiger charge is 2.26. The van der Waals surface area contributed by atoms with E-state index in [-0.39, 0.29) is 18.6 Å². The molecule has 18 heavy (non-hydrogen) atoms. The van der Waals surface area contributed by atoms with Crippen LogP contribution in [0, 0.1) is 0 Å². The van der Waals surface area contributed by atoms with Crippen LogP contribution in [0.1, 0.15) is 24.9 Å². The van der Waals surface area contributed by atoms with Gasteiger partial charge in [0.15, 0.2) is 0 Å². The Morgan fingerprint density at radius 1 is 1.78 bits per heavy atom. The van der Waals surface area contributed by atoms with Crippen molar-refractivity contribution in [2.24, 2.45) is 0 Å². The fourth-order valence-electron chi connectivity index (χ4n) is 2.17. The molecule has 1 aliphatic rings. The van der Waals surface area contributed by atoms with Crippen molar-refractivity contribution in [3.63, 3.8) is 0 Å². The highest BCUT2D eigenvalue weighted by molar-refractivity contribution is 7.14. The van der Waals surface area contributed by atoms with Gasteiger partial charge in [-0.1, -0.05) is 11.6 Å². The molecule has 2 rings (SSSR count). The number of carbonyl (C=O) groups is 1. The van der Waals surface area contributed by atoms with Gasteiger partial charge in [-0.15, -0.1) is 11.3 Å². The largest absolute Gasteiger partial charge is 0.481 e. The molecule has 1 aromatic heterocycles. The number of carboxylic acid groups (broad SMARTS) is 1. The summed E-state index contributed by atoms with van der Waals surface area (Å²) in [5.74, 6) is -0.812. The molecule has 1 fully saturated rings. The van der Waals surface area contributed by atoms with Crippen LogP contribution in [0.3, 0.4) is 0 Å². The van der Waals surface area contributed by atoms with Gasteiger partial charge in [0.05, 0.1) is 23.5 Å². The first-order chi connectivity index (χ1) is 8.56. The Kier molecular flexibility index (Phi) is 4.61. The van der Waals surface area contributed by atoms with Gasteiger partial charge in [-0.05, 0) is 23.9 Å². The monoisotopic (exact) mass is 289 g/mol. The third kappa shape index (κ3) is 3.45. The van der Waals surface area contributed by atoms with Gasteiger partial charge in [-0.25, -0.2) is 0 Å². The molecule has 0 spiro atoms. The van der Waals surface area contributed by atoms with Crippen LogP contribution in [-0.4, -0.2) is 41.8 Å². The summed E-state index contributed by atoms with van der Waals surface area (Å²) < 4.78 is 6.25. The zero-order valence-electron chi connectivity index (χ0n) is 10.1. The van der Waals surface area contributed by atoms with Crippen molar-refractivity contribution in [3.05, 3.63) is 21.3 Å². The third-order valence-corrected chi connectivity index (χ3v) is 4.30. The van der Waals surface area contributed by atoms with Crippen LogP contribution >= 0.6 is 22.9 Å². The number of aliphatic carboxylic acids is 1. The average Bonchev–Trinajstić information content (AvgIpc) is 2.74. The topological polar surface area (TPSA) is 49.8 Å². The van der Waals surface area contributed by atoms with Gasteiger partial charge < -0.3 is 9.84 Å². The van der Waals surface area contributed by atoms with Crippen molar-refractivity contribution < 1.29 is 14.6 Å². The minimum absolute atomic E-state index is 0.0631. The molecule has 0 amide bonds. The van der Waals surface area contributed by atoms with Crippen LogP contribution in [0.25, 0.3) is 0 Å². The van der Waals surface area contributed by atoms with Gasteiger partial charge in [-0.3, -0.25) is 9.69 Å². The van der Waals surface area contributed by atoms with Crippen LogP contribution in [0.2, 0.25) is 4.34 Å². The van der Waals surface area contributed by atoms with Gasteiger partial charge in [-0.2, -0.15) is 0 Å². The fourth-order valence-corrected chi connectivity index (χ4v) is 3.14. The lowest BCUT2D eigenvalue weighted by molar-refractivity contribution is -0.142. The molecule has 1 N–H and O–H groups in total. The average molecular weight is 290 g/mol. The molecule has 2 atom stereocenters. The molecule has 4 nitrogen and oxygen atoms in total. The summed E-state index contributed by atoms with van der Waals surface area (Å²) in [5, 5.41) is 10.8. The summed E-state index contributed by atoms with van der Waals surface area (Å²) in [6.45, 7) is 4.17. The van der Waals surface area contributed by atoms with Gasteiger partial charge in [0.2, 0.25) is 0 Å². The number of rotatable bonds is 4. The van der Waals surface area contributed by atoms with E-state index >= 15 is 0 Å². The number of morpholine rings is 1. The van der Waals surface area contributed by atoms with Crippen molar-refractivity contribution in [1.29, 1.82) is 0 Å². The summed E-state index contributed by atoms with van der Waals surface area (Å²) in [6.07, 6.45) is -0.152. The van der Waals surface area contributed by atoms with Crippen molar-refractivity contribution >= 4 is 28.9 Å². The Labute approximate surface area is 115 Å². The molecule has 0 aromatic carbocycles. The smallest absolute Gasteiger partial charge is 0.306 e. The number of ether oxygens (including phenoxy) is 1. The Balaban J connectivity index is 1.97. The molecule has 1 aromatic rings. The lowest BCUT2D eigenvalue weighted by atomic mass is 10.1. The van der Waals surface area contributed by atoms with Gasteiger partial charge in [0, 0.05) is 19.1 Å². The molecule has 2 heterocycles. The number of thiophene rings is 1. The van der Waals surface area contributed by atoms with Crippen LogP contribution in [-0.2, 0) is 9.53 Å². The number of hydrogen-bond donors (Lipinski definition) is 1. The summed E-state index contributed by atoms with van der Waals surface area (Å²) in [7, 11) is 0. The third-order valence-electron chi connectivity index (χ3n) is 3.19. The summed E-state index contributed by atoms with van der Waals surface area (Å²) in [5.41, 5.74) is 1.18. The van der Waals surface area contributed by atoms with Crippen molar-refractivity contribution in [1.82, 2.24) is 4.90 Å². The highest BCUT2D eigenvalue weighted by Crippen LogP contribution is 2.29. The Hall–Kier alpha value is -0.620. The minimum Gasteiger partial charge on any atom is -0.481 e. The summed E-state index contributed by atoms with van der Waals surface area (Å²) in [6, 6.07) is 2.22. The van der Waals surface area contributed by atoms with E-state index in [2.05, 4.69) is 17.2 Å². The van der Waals surface area contributed by atoms with Crippen LogP contribution in [0.5, 0.6) is 0 Å². The second kappa shape index (κ2) is 6.02. The van der Waals surface area contributed by atoms with E-state index in [1.165, 1.54) is 16.9 Å². The first-order valence-electron chi connectivity index (χ1n) is 5.87. The van der Waals surface area contributed by atoms with Crippen molar-refractivity contribution in [3.8, 4) is 0 Å². The Morgan fingerprint density at radius 3 is 3.17 bits per heavy atom. The lowest BCUT2D eigenvalue weighted by Crippen LogP contribution is -2.44. The molecule has 0 bridgehead atoms. The summed E-state index contributed by atoms with van der Waals surface area (Å²) in [4.78, 5) is 12.9. The number of halogens is 1. The number of carboxylic acids is 1. The highest BCUT2D eigenvalue weighted by atomic mass is 35.5. The van der Waals surface area contributed by atoms with E-state index in [4.69, 9.17) is 21.4 Å².